The first-order valence-corrected chi connectivity index (χ1v) is 11.0. The Bertz CT molecular complexity index is 308. The lowest BCUT2D eigenvalue weighted by Gasteiger charge is -2.30. The second-order valence-electron chi connectivity index (χ2n) is 8.50. The Kier molecular flexibility index (Phi) is 9.39. The molecule has 0 bridgehead atoms. The highest BCUT2D eigenvalue weighted by atomic mass is 14.3. The third-order valence-electron chi connectivity index (χ3n) is 6.79. The average molecular weight is 319 g/mol. The van der Waals surface area contributed by atoms with Crippen molar-refractivity contribution >= 4 is 0 Å². The lowest BCUT2D eigenvalue weighted by atomic mass is 9.75. The van der Waals surface area contributed by atoms with Crippen LogP contribution < -0.4 is 0 Å². The van der Waals surface area contributed by atoms with Gasteiger partial charge in [-0.15, -0.1) is 0 Å². The van der Waals surface area contributed by atoms with Crippen LogP contribution in [0.25, 0.3) is 0 Å². The molecule has 134 valence electrons. The smallest absolute Gasteiger partial charge is 0.0205 e. The third kappa shape index (κ3) is 7.02. The van der Waals surface area contributed by atoms with E-state index < -0.39 is 0 Å². The van der Waals surface area contributed by atoms with Crippen molar-refractivity contribution in [3.05, 3.63) is 12.2 Å². The van der Waals surface area contributed by atoms with E-state index in [2.05, 4.69) is 26.0 Å². The molecule has 0 heteroatoms. The molecule has 2 aliphatic rings. The van der Waals surface area contributed by atoms with Crippen molar-refractivity contribution in [1.29, 1.82) is 0 Å². The van der Waals surface area contributed by atoms with E-state index >= 15 is 0 Å². The standard InChI is InChI=1S/C23H42/c1-3-5-6-12-22-14-9-10-15-23(22)13-8-7-11-21-18-16-20(4-2)17-19-21/h6,12,20-23H,3-5,7-11,13-19H2,1-2H3/t20-,21-,22?,23?. The summed E-state index contributed by atoms with van der Waals surface area (Å²) in [6, 6.07) is 0. The Balaban J connectivity index is 1.60. The van der Waals surface area contributed by atoms with Crippen LogP contribution in [0.4, 0.5) is 0 Å². The predicted octanol–water partition coefficient (Wildman–Crippen LogP) is 7.93. The SMILES string of the molecule is CCCC=CC1CCCCC1CCCC[C@H]1CC[C@H](CC)CC1. The van der Waals surface area contributed by atoms with E-state index in [4.69, 9.17) is 0 Å². The van der Waals surface area contributed by atoms with Gasteiger partial charge in [0.1, 0.15) is 0 Å². The summed E-state index contributed by atoms with van der Waals surface area (Å²) >= 11 is 0. The van der Waals surface area contributed by atoms with E-state index in [0.717, 1.165) is 23.7 Å². The van der Waals surface area contributed by atoms with Crippen LogP contribution in [0.2, 0.25) is 0 Å². The molecular formula is C23H42. The minimum atomic E-state index is 0.912. The molecule has 2 saturated carbocycles. The first-order chi connectivity index (χ1) is 11.3. The molecule has 0 amide bonds. The van der Waals surface area contributed by atoms with E-state index in [9.17, 15) is 0 Å². The minimum absolute atomic E-state index is 0.912. The zero-order valence-corrected chi connectivity index (χ0v) is 16.1. The van der Waals surface area contributed by atoms with Crippen LogP contribution in [0.3, 0.4) is 0 Å². The fourth-order valence-corrected chi connectivity index (χ4v) is 5.05. The van der Waals surface area contributed by atoms with Gasteiger partial charge >= 0.3 is 0 Å². The molecule has 2 rings (SSSR count). The van der Waals surface area contributed by atoms with Gasteiger partial charge < -0.3 is 0 Å². The molecule has 23 heavy (non-hydrogen) atoms. The van der Waals surface area contributed by atoms with E-state index in [-0.39, 0.29) is 0 Å². The van der Waals surface area contributed by atoms with Crippen molar-refractivity contribution in [2.45, 2.75) is 110 Å². The summed E-state index contributed by atoms with van der Waals surface area (Å²) in [6.07, 6.45) is 27.1. The maximum Gasteiger partial charge on any atom is -0.0205 e. The monoisotopic (exact) mass is 318 g/mol. The van der Waals surface area contributed by atoms with Crippen LogP contribution in [0.15, 0.2) is 12.2 Å². The second-order valence-corrected chi connectivity index (χ2v) is 8.50. The fourth-order valence-electron chi connectivity index (χ4n) is 5.05. The van der Waals surface area contributed by atoms with Gasteiger partial charge in [0.2, 0.25) is 0 Å². The van der Waals surface area contributed by atoms with Gasteiger partial charge in [0.25, 0.3) is 0 Å². The Morgan fingerprint density at radius 1 is 0.783 bits per heavy atom. The molecule has 0 saturated heterocycles. The van der Waals surface area contributed by atoms with Crippen LogP contribution in [0.1, 0.15) is 110 Å². The summed E-state index contributed by atoms with van der Waals surface area (Å²) in [5, 5.41) is 0. The van der Waals surface area contributed by atoms with Gasteiger partial charge in [-0.2, -0.15) is 0 Å². The third-order valence-corrected chi connectivity index (χ3v) is 6.79. The van der Waals surface area contributed by atoms with Crippen LogP contribution in [0, 0.1) is 23.7 Å². The van der Waals surface area contributed by atoms with Crippen molar-refractivity contribution in [2.24, 2.45) is 23.7 Å². The lowest BCUT2D eigenvalue weighted by Crippen LogP contribution is -2.18. The molecule has 0 nitrogen and oxygen atoms in total. The maximum atomic E-state index is 2.58. The summed E-state index contributed by atoms with van der Waals surface area (Å²) < 4.78 is 0. The zero-order valence-electron chi connectivity index (χ0n) is 16.1. The molecule has 2 aliphatic carbocycles. The summed E-state index contributed by atoms with van der Waals surface area (Å²) in [6.45, 7) is 4.66. The highest BCUT2D eigenvalue weighted by Gasteiger charge is 2.23. The quantitative estimate of drug-likeness (QED) is 0.299. The summed E-state index contributed by atoms with van der Waals surface area (Å²) in [5.74, 6) is 4.05. The Morgan fingerprint density at radius 2 is 1.48 bits per heavy atom. The second kappa shape index (κ2) is 11.3. The Labute approximate surface area is 146 Å². The van der Waals surface area contributed by atoms with Crippen molar-refractivity contribution in [1.82, 2.24) is 0 Å². The average Bonchev–Trinajstić information content (AvgIpc) is 2.60. The van der Waals surface area contributed by atoms with E-state index in [1.807, 2.05) is 0 Å². The van der Waals surface area contributed by atoms with Gasteiger partial charge in [-0.05, 0) is 49.4 Å². The molecule has 0 spiro atoms. The summed E-state index contributed by atoms with van der Waals surface area (Å²) in [4.78, 5) is 0. The van der Waals surface area contributed by atoms with Gasteiger partial charge in [-0.3, -0.25) is 0 Å². The number of hydrogen-bond acceptors (Lipinski definition) is 0. The van der Waals surface area contributed by atoms with Crippen molar-refractivity contribution in [2.75, 3.05) is 0 Å². The van der Waals surface area contributed by atoms with Gasteiger partial charge in [0.05, 0.1) is 0 Å². The summed E-state index contributed by atoms with van der Waals surface area (Å²) in [5.41, 5.74) is 0. The topological polar surface area (TPSA) is 0 Å². The molecule has 0 aromatic rings. The first kappa shape index (κ1) is 19.1. The first-order valence-electron chi connectivity index (χ1n) is 11.0. The van der Waals surface area contributed by atoms with Crippen LogP contribution in [-0.4, -0.2) is 0 Å². The van der Waals surface area contributed by atoms with Gasteiger partial charge in [0, 0.05) is 0 Å². The van der Waals surface area contributed by atoms with Crippen molar-refractivity contribution < 1.29 is 0 Å². The predicted molar refractivity (Wildman–Crippen MR) is 104 cm³/mol. The van der Waals surface area contributed by atoms with E-state index in [1.165, 1.54) is 96.3 Å². The van der Waals surface area contributed by atoms with Crippen LogP contribution in [-0.2, 0) is 0 Å². The maximum absolute atomic E-state index is 2.58. The molecule has 2 unspecified atom stereocenters. The number of allylic oxidation sites excluding steroid dienone is 2. The van der Waals surface area contributed by atoms with E-state index in [0.29, 0.717) is 0 Å². The molecule has 0 aliphatic heterocycles. The highest BCUT2D eigenvalue weighted by molar-refractivity contribution is 4.93. The van der Waals surface area contributed by atoms with Gasteiger partial charge in [-0.25, -0.2) is 0 Å². The number of hydrogen-bond donors (Lipinski definition) is 0. The molecule has 2 fully saturated rings. The molecular weight excluding hydrogens is 276 g/mol. The number of rotatable bonds is 9. The number of unbranched alkanes of at least 4 members (excludes halogenated alkanes) is 2. The van der Waals surface area contributed by atoms with Gasteiger partial charge in [0.15, 0.2) is 0 Å². The van der Waals surface area contributed by atoms with Crippen LogP contribution >= 0.6 is 0 Å². The molecule has 2 atom stereocenters. The fraction of sp³-hybridized carbons (Fsp3) is 0.913. The van der Waals surface area contributed by atoms with Crippen LogP contribution in [0.5, 0.6) is 0 Å². The lowest BCUT2D eigenvalue weighted by molar-refractivity contribution is 0.239. The Morgan fingerprint density at radius 3 is 2.22 bits per heavy atom. The molecule has 0 aromatic heterocycles. The van der Waals surface area contributed by atoms with E-state index in [1.54, 1.807) is 0 Å². The molecule has 0 radical (unpaired) electrons. The largest absolute Gasteiger partial charge is 0.0883 e. The Hall–Kier alpha value is -0.260. The van der Waals surface area contributed by atoms with Crippen molar-refractivity contribution in [3.8, 4) is 0 Å². The zero-order chi connectivity index (χ0) is 16.3. The normalized spacial score (nSPS) is 32.4. The van der Waals surface area contributed by atoms with Gasteiger partial charge in [-0.1, -0.05) is 96.6 Å². The van der Waals surface area contributed by atoms with Crippen molar-refractivity contribution in [3.63, 3.8) is 0 Å². The summed E-state index contributed by atoms with van der Waals surface area (Å²) in [7, 11) is 0. The molecule has 0 aromatic carbocycles. The molecule has 0 N–H and O–H groups in total. The molecule has 0 heterocycles. The minimum Gasteiger partial charge on any atom is -0.0883 e. The highest BCUT2D eigenvalue weighted by Crippen LogP contribution is 2.36.